The van der Waals surface area contributed by atoms with Gasteiger partial charge in [0.05, 0.1) is 23.5 Å². The van der Waals surface area contributed by atoms with E-state index < -0.39 is 0 Å². The van der Waals surface area contributed by atoms with Gasteiger partial charge in [0, 0.05) is 13.6 Å². The summed E-state index contributed by atoms with van der Waals surface area (Å²) in [7, 11) is 1.85. The summed E-state index contributed by atoms with van der Waals surface area (Å²) < 4.78 is 0. The fraction of sp³-hybridized carbons (Fsp3) is 0.467. The van der Waals surface area contributed by atoms with E-state index in [0.717, 1.165) is 42.8 Å². The molecule has 5 heteroatoms. The van der Waals surface area contributed by atoms with Gasteiger partial charge in [-0.1, -0.05) is 12.1 Å². The van der Waals surface area contributed by atoms with E-state index in [9.17, 15) is 4.79 Å². The van der Waals surface area contributed by atoms with Crippen LogP contribution in [0.1, 0.15) is 18.7 Å². The van der Waals surface area contributed by atoms with E-state index in [4.69, 9.17) is 0 Å². The van der Waals surface area contributed by atoms with Crippen LogP contribution in [0.2, 0.25) is 0 Å². The molecular weight excluding hydrogens is 252 g/mol. The standard InChI is InChI=1S/C15H20N4O/c1-19(15(20)11-5-4-8-16-9-11)10-14-17-12-6-2-3-7-13(12)18-14/h2-3,6-7,11,16H,4-5,8-10H2,1H3,(H,17,18). The molecule has 1 aliphatic heterocycles. The number of imidazole rings is 1. The average molecular weight is 272 g/mol. The number of amides is 1. The van der Waals surface area contributed by atoms with Crippen LogP contribution in [-0.2, 0) is 11.3 Å². The first-order valence-corrected chi connectivity index (χ1v) is 7.13. The van der Waals surface area contributed by atoms with Crippen LogP contribution < -0.4 is 5.32 Å². The van der Waals surface area contributed by atoms with Gasteiger partial charge >= 0.3 is 0 Å². The van der Waals surface area contributed by atoms with Crippen LogP contribution in [0.25, 0.3) is 11.0 Å². The number of carbonyl (C=O) groups excluding carboxylic acids is 1. The number of rotatable bonds is 3. The number of piperidine rings is 1. The van der Waals surface area contributed by atoms with Gasteiger partial charge < -0.3 is 15.2 Å². The highest BCUT2D eigenvalue weighted by Gasteiger charge is 2.24. The zero-order chi connectivity index (χ0) is 13.9. The molecule has 2 heterocycles. The SMILES string of the molecule is CN(Cc1nc2ccccc2[nH]1)C(=O)C1CCCNC1. The van der Waals surface area contributed by atoms with Crippen molar-refractivity contribution in [1.82, 2.24) is 20.2 Å². The maximum absolute atomic E-state index is 12.4. The van der Waals surface area contributed by atoms with Gasteiger partial charge in [0.2, 0.25) is 5.91 Å². The molecule has 106 valence electrons. The number of carbonyl (C=O) groups is 1. The highest BCUT2D eigenvalue weighted by atomic mass is 16.2. The number of hydrogen-bond donors (Lipinski definition) is 2. The minimum Gasteiger partial charge on any atom is -0.340 e. The van der Waals surface area contributed by atoms with E-state index in [2.05, 4.69) is 15.3 Å². The second-order valence-electron chi connectivity index (χ2n) is 5.44. The van der Waals surface area contributed by atoms with E-state index in [1.165, 1.54) is 0 Å². The number of aromatic amines is 1. The highest BCUT2D eigenvalue weighted by Crippen LogP contribution is 2.15. The van der Waals surface area contributed by atoms with Gasteiger partial charge in [-0.2, -0.15) is 0 Å². The molecule has 1 amide bonds. The molecule has 2 N–H and O–H groups in total. The van der Waals surface area contributed by atoms with Gasteiger partial charge in [-0.3, -0.25) is 4.79 Å². The molecule has 0 aliphatic carbocycles. The molecule has 3 rings (SSSR count). The Morgan fingerprint density at radius 1 is 1.45 bits per heavy atom. The third-order valence-corrected chi connectivity index (χ3v) is 3.85. The van der Waals surface area contributed by atoms with E-state index in [0.29, 0.717) is 6.54 Å². The Balaban J connectivity index is 1.68. The Bertz CT molecular complexity index is 568. The lowest BCUT2D eigenvalue weighted by atomic mass is 9.98. The van der Waals surface area contributed by atoms with Crippen molar-refractivity contribution in [3.8, 4) is 0 Å². The maximum atomic E-state index is 12.4. The summed E-state index contributed by atoms with van der Waals surface area (Å²) in [6.45, 7) is 2.35. The molecule has 2 aromatic rings. The van der Waals surface area contributed by atoms with E-state index in [-0.39, 0.29) is 11.8 Å². The van der Waals surface area contributed by atoms with Crippen molar-refractivity contribution in [3.63, 3.8) is 0 Å². The van der Waals surface area contributed by atoms with Crippen molar-refractivity contribution >= 4 is 16.9 Å². The Labute approximate surface area is 118 Å². The lowest BCUT2D eigenvalue weighted by molar-refractivity contribution is -0.135. The normalized spacial score (nSPS) is 19.1. The minimum absolute atomic E-state index is 0.109. The third-order valence-electron chi connectivity index (χ3n) is 3.85. The maximum Gasteiger partial charge on any atom is 0.227 e. The van der Waals surface area contributed by atoms with Gasteiger partial charge in [0.1, 0.15) is 5.82 Å². The molecule has 0 spiro atoms. The topological polar surface area (TPSA) is 61.0 Å². The third kappa shape index (κ3) is 2.67. The fourth-order valence-electron chi connectivity index (χ4n) is 2.76. The van der Waals surface area contributed by atoms with Crippen LogP contribution in [0.4, 0.5) is 0 Å². The van der Waals surface area contributed by atoms with Crippen LogP contribution in [0.3, 0.4) is 0 Å². The Morgan fingerprint density at radius 2 is 2.30 bits per heavy atom. The first kappa shape index (κ1) is 13.1. The van der Waals surface area contributed by atoms with Crippen molar-refractivity contribution in [2.75, 3.05) is 20.1 Å². The first-order chi connectivity index (χ1) is 9.74. The van der Waals surface area contributed by atoms with Crippen molar-refractivity contribution in [3.05, 3.63) is 30.1 Å². The average Bonchev–Trinajstić information content (AvgIpc) is 2.89. The van der Waals surface area contributed by atoms with Crippen LogP contribution in [0.5, 0.6) is 0 Å². The largest absolute Gasteiger partial charge is 0.340 e. The predicted octanol–water partition coefficient (Wildman–Crippen LogP) is 1.52. The molecule has 1 aliphatic rings. The Hall–Kier alpha value is -1.88. The van der Waals surface area contributed by atoms with Crippen molar-refractivity contribution in [1.29, 1.82) is 0 Å². The molecule has 1 fully saturated rings. The van der Waals surface area contributed by atoms with Gasteiger partial charge in [0.25, 0.3) is 0 Å². The number of nitrogens with one attached hydrogen (secondary N) is 2. The fourth-order valence-corrected chi connectivity index (χ4v) is 2.76. The molecule has 0 bridgehead atoms. The molecule has 1 aromatic heterocycles. The second kappa shape index (κ2) is 5.63. The molecule has 1 saturated heterocycles. The quantitative estimate of drug-likeness (QED) is 0.890. The van der Waals surface area contributed by atoms with Crippen molar-refractivity contribution in [2.24, 2.45) is 5.92 Å². The summed E-state index contributed by atoms with van der Waals surface area (Å²) >= 11 is 0. The molecular formula is C15H20N4O. The van der Waals surface area contributed by atoms with Crippen molar-refractivity contribution in [2.45, 2.75) is 19.4 Å². The van der Waals surface area contributed by atoms with E-state index in [1.807, 2.05) is 31.3 Å². The van der Waals surface area contributed by atoms with Gasteiger partial charge in [-0.05, 0) is 31.5 Å². The molecule has 1 aromatic carbocycles. The van der Waals surface area contributed by atoms with Gasteiger partial charge in [-0.25, -0.2) is 4.98 Å². The lowest BCUT2D eigenvalue weighted by Gasteiger charge is -2.26. The predicted molar refractivity (Wildman–Crippen MR) is 78.2 cm³/mol. The van der Waals surface area contributed by atoms with Crippen LogP contribution in [0, 0.1) is 5.92 Å². The monoisotopic (exact) mass is 272 g/mol. The summed E-state index contributed by atoms with van der Waals surface area (Å²) in [6.07, 6.45) is 2.06. The van der Waals surface area contributed by atoms with Gasteiger partial charge in [0.15, 0.2) is 0 Å². The lowest BCUT2D eigenvalue weighted by Crippen LogP contribution is -2.41. The van der Waals surface area contributed by atoms with E-state index >= 15 is 0 Å². The summed E-state index contributed by atoms with van der Waals surface area (Å²) in [6, 6.07) is 7.92. The number of para-hydroxylation sites is 2. The Morgan fingerprint density at radius 3 is 3.05 bits per heavy atom. The molecule has 1 atom stereocenters. The number of hydrogen-bond acceptors (Lipinski definition) is 3. The van der Waals surface area contributed by atoms with Crippen molar-refractivity contribution < 1.29 is 4.79 Å². The molecule has 20 heavy (non-hydrogen) atoms. The Kier molecular flexibility index (Phi) is 3.69. The summed E-state index contributed by atoms with van der Waals surface area (Å²) in [4.78, 5) is 21.9. The molecule has 0 radical (unpaired) electrons. The smallest absolute Gasteiger partial charge is 0.227 e. The summed E-state index contributed by atoms with van der Waals surface area (Å²) in [5.74, 6) is 1.15. The molecule has 1 unspecified atom stereocenters. The highest BCUT2D eigenvalue weighted by molar-refractivity contribution is 5.79. The number of aromatic nitrogens is 2. The van der Waals surface area contributed by atoms with Crippen LogP contribution in [-0.4, -0.2) is 40.9 Å². The molecule has 5 nitrogen and oxygen atoms in total. The molecule has 0 saturated carbocycles. The number of benzene rings is 1. The van der Waals surface area contributed by atoms with Crippen LogP contribution in [0.15, 0.2) is 24.3 Å². The minimum atomic E-state index is 0.109. The summed E-state index contributed by atoms with van der Waals surface area (Å²) in [5, 5.41) is 3.29. The zero-order valence-corrected chi connectivity index (χ0v) is 11.7. The number of nitrogens with zero attached hydrogens (tertiary/aromatic N) is 2. The number of H-pyrrole nitrogens is 1. The number of fused-ring (bicyclic) bond motifs is 1. The second-order valence-corrected chi connectivity index (χ2v) is 5.44. The first-order valence-electron chi connectivity index (χ1n) is 7.13. The van der Waals surface area contributed by atoms with E-state index in [1.54, 1.807) is 4.90 Å². The summed E-state index contributed by atoms with van der Waals surface area (Å²) in [5.41, 5.74) is 1.96. The van der Waals surface area contributed by atoms with Crippen LogP contribution >= 0.6 is 0 Å². The van der Waals surface area contributed by atoms with Gasteiger partial charge in [-0.15, -0.1) is 0 Å². The zero-order valence-electron chi connectivity index (χ0n) is 11.7.